The lowest BCUT2D eigenvalue weighted by atomic mass is 10.0. The molecule has 33 heavy (non-hydrogen) atoms. The standard InChI is InChI=1S/C26H24N4O3/c1-26(2,3)33-25(32)22-10-8-21(9-11-22)24(31)29-15-12-20-7-6-19(17-23(20)18-29)5-4-14-30-16-13-27-28-30/h6-13,15-17H,14,18H2,1-3H3. The molecule has 4 rings (SSSR count). The van der Waals surface area contributed by atoms with Crippen molar-refractivity contribution in [1.29, 1.82) is 0 Å². The zero-order chi connectivity index (χ0) is 23.4. The predicted octanol–water partition coefficient (Wildman–Crippen LogP) is 3.91. The summed E-state index contributed by atoms with van der Waals surface area (Å²) < 4.78 is 7.03. The number of esters is 1. The molecule has 2 heterocycles. The van der Waals surface area contributed by atoms with Crippen LogP contribution in [0.15, 0.2) is 61.1 Å². The largest absolute Gasteiger partial charge is 0.456 e. The molecule has 3 aromatic rings. The third kappa shape index (κ3) is 5.55. The second-order valence-corrected chi connectivity index (χ2v) is 8.64. The first-order valence-corrected chi connectivity index (χ1v) is 10.6. The lowest BCUT2D eigenvalue weighted by Gasteiger charge is -2.24. The summed E-state index contributed by atoms with van der Waals surface area (Å²) in [5.41, 5.74) is 3.29. The van der Waals surface area contributed by atoms with Crippen molar-refractivity contribution in [3.63, 3.8) is 0 Å². The van der Waals surface area contributed by atoms with Gasteiger partial charge in [0.25, 0.3) is 5.91 Å². The van der Waals surface area contributed by atoms with Crippen molar-refractivity contribution in [3.05, 3.63) is 88.9 Å². The highest BCUT2D eigenvalue weighted by Crippen LogP contribution is 2.23. The molecule has 1 aliphatic rings. The van der Waals surface area contributed by atoms with E-state index in [2.05, 4.69) is 22.2 Å². The first-order valence-electron chi connectivity index (χ1n) is 10.6. The van der Waals surface area contributed by atoms with Crippen LogP contribution in [-0.2, 0) is 17.8 Å². The highest BCUT2D eigenvalue weighted by molar-refractivity contribution is 5.97. The van der Waals surface area contributed by atoms with Crippen molar-refractivity contribution >= 4 is 18.0 Å². The van der Waals surface area contributed by atoms with E-state index in [4.69, 9.17) is 4.74 Å². The van der Waals surface area contributed by atoms with E-state index in [0.29, 0.717) is 24.2 Å². The summed E-state index contributed by atoms with van der Waals surface area (Å²) in [7, 11) is 0. The highest BCUT2D eigenvalue weighted by Gasteiger charge is 2.21. The van der Waals surface area contributed by atoms with Gasteiger partial charge < -0.3 is 9.64 Å². The molecule has 0 radical (unpaired) electrons. The molecule has 7 nitrogen and oxygen atoms in total. The first-order chi connectivity index (χ1) is 15.8. The summed E-state index contributed by atoms with van der Waals surface area (Å²) in [4.78, 5) is 26.9. The zero-order valence-electron chi connectivity index (χ0n) is 18.8. The maximum atomic E-state index is 13.0. The van der Waals surface area contributed by atoms with E-state index in [9.17, 15) is 9.59 Å². The van der Waals surface area contributed by atoms with Crippen LogP contribution in [0.5, 0.6) is 0 Å². The monoisotopic (exact) mass is 440 g/mol. The van der Waals surface area contributed by atoms with Gasteiger partial charge >= 0.3 is 5.97 Å². The van der Waals surface area contributed by atoms with E-state index < -0.39 is 11.6 Å². The third-order valence-corrected chi connectivity index (χ3v) is 4.89. The van der Waals surface area contributed by atoms with Crippen molar-refractivity contribution < 1.29 is 14.3 Å². The van der Waals surface area contributed by atoms with Gasteiger partial charge in [-0.2, -0.15) is 0 Å². The van der Waals surface area contributed by atoms with Crippen LogP contribution in [0.4, 0.5) is 0 Å². The SMILES string of the molecule is CC(C)(C)OC(=O)c1ccc(C(=O)N2C=Cc3ccc(C#CCn4ccnn4)cc3C2)cc1. The van der Waals surface area contributed by atoms with Gasteiger partial charge in [0.15, 0.2) is 0 Å². The summed E-state index contributed by atoms with van der Waals surface area (Å²) in [5.74, 6) is 5.65. The third-order valence-electron chi connectivity index (χ3n) is 4.89. The highest BCUT2D eigenvalue weighted by atomic mass is 16.6. The maximum Gasteiger partial charge on any atom is 0.338 e. The summed E-state index contributed by atoms with van der Waals surface area (Å²) in [6, 6.07) is 12.5. The molecule has 0 bridgehead atoms. The Morgan fingerprint density at radius 3 is 2.55 bits per heavy atom. The molecule has 0 aliphatic carbocycles. The number of hydrogen-bond acceptors (Lipinski definition) is 5. The average molecular weight is 441 g/mol. The molecule has 1 amide bonds. The number of benzene rings is 2. The fourth-order valence-electron chi connectivity index (χ4n) is 3.32. The molecule has 2 aromatic carbocycles. The van der Waals surface area contributed by atoms with Crippen LogP contribution in [0.1, 0.15) is 58.2 Å². The molecule has 1 aromatic heterocycles. The minimum atomic E-state index is -0.572. The van der Waals surface area contributed by atoms with Crippen molar-refractivity contribution in [2.45, 2.75) is 39.5 Å². The molecule has 0 atom stereocenters. The lowest BCUT2D eigenvalue weighted by Crippen LogP contribution is -2.27. The number of ether oxygens (including phenoxy) is 1. The van der Waals surface area contributed by atoms with E-state index in [1.54, 1.807) is 52.4 Å². The Hall–Kier alpha value is -4.18. The van der Waals surface area contributed by atoms with Crippen LogP contribution in [0.25, 0.3) is 6.08 Å². The number of aromatic nitrogens is 3. The molecule has 166 valence electrons. The zero-order valence-corrected chi connectivity index (χ0v) is 18.8. The topological polar surface area (TPSA) is 77.3 Å². The predicted molar refractivity (Wildman–Crippen MR) is 124 cm³/mol. The fourth-order valence-corrected chi connectivity index (χ4v) is 3.32. The molecule has 7 heteroatoms. The summed E-state index contributed by atoms with van der Waals surface area (Å²) in [5, 5.41) is 7.65. The van der Waals surface area contributed by atoms with Crippen LogP contribution in [0.2, 0.25) is 0 Å². The Morgan fingerprint density at radius 2 is 1.85 bits per heavy atom. The molecular formula is C26H24N4O3. The van der Waals surface area contributed by atoms with Gasteiger partial charge in [-0.1, -0.05) is 23.1 Å². The first kappa shape index (κ1) is 22.0. The summed E-state index contributed by atoms with van der Waals surface area (Å²) in [6.45, 7) is 6.35. The van der Waals surface area contributed by atoms with Gasteiger partial charge in [0.1, 0.15) is 12.1 Å². The summed E-state index contributed by atoms with van der Waals surface area (Å²) >= 11 is 0. The molecule has 0 saturated carbocycles. The maximum absolute atomic E-state index is 13.0. The Morgan fingerprint density at radius 1 is 1.09 bits per heavy atom. The lowest BCUT2D eigenvalue weighted by molar-refractivity contribution is 0.00692. The Labute approximate surface area is 192 Å². The number of amides is 1. The van der Waals surface area contributed by atoms with E-state index in [-0.39, 0.29) is 5.91 Å². The number of hydrogen-bond donors (Lipinski definition) is 0. The Balaban J connectivity index is 1.44. The quantitative estimate of drug-likeness (QED) is 0.456. The van der Waals surface area contributed by atoms with E-state index in [1.165, 1.54) is 0 Å². The molecule has 0 saturated heterocycles. The molecule has 0 spiro atoms. The number of fused-ring (bicyclic) bond motifs is 1. The number of rotatable bonds is 3. The van der Waals surface area contributed by atoms with E-state index in [0.717, 1.165) is 16.7 Å². The smallest absolute Gasteiger partial charge is 0.338 e. The summed E-state index contributed by atoms with van der Waals surface area (Å²) in [6.07, 6.45) is 7.07. The number of carbonyl (C=O) groups is 2. The second kappa shape index (κ2) is 9.13. The van der Waals surface area contributed by atoms with Crippen LogP contribution in [0, 0.1) is 11.8 Å². The van der Waals surface area contributed by atoms with Gasteiger partial charge in [-0.25, -0.2) is 9.48 Å². The second-order valence-electron chi connectivity index (χ2n) is 8.64. The minimum Gasteiger partial charge on any atom is -0.456 e. The molecule has 0 N–H and O–H groups in total. The average Bonchev–Trinajstić information content (AvgIpc) is 3.30. The van der Waals surface area contributed by atoms with Crippen LogP contribution >= 0.6 is 0 Å². The van der Waals surface area contributed by atoms with Crippen LogP contribution in [0.3, 0.4) is 0 Å². The van der Waals surface area contributed by atoms with Gasteiger partial charge in [0.05, 0.1) is 18.3 Å². The molecule has 1 aliphatic heterocycles. The van der Waals surface area contributed by atoms with Crippen molar-refractivity contribution in [2.75, 3.05) is 0 Å². The van der Waals surface area contributed by atoms with Crippen molar-refractivity contribution in [2.24, 2.45) is 0 Å². The van der Waals surface area contributed by atoms with Gasteiger partial charge in [-0.05, 0) is 74.4 Å². The van der Waals surface area contributed by atoms with Crippen LogP contribution in [-0.4, -0.2) is 37.4 Å². The van der Waals surface area contributed by atoms with E-state index in [1.807, 2.05) is 45.0 Å². The van der Waals surface area contributed by atoms with Crippen molar-refractivity contribution in [1.82, 2.24) is 19.9 Å². The van der Waals surface area contributed by atoms with Gasteiger partial charge in [-0.3, -0.25) is 4.79 Å². The molecular weight excluding hydrogens is 416 g/mol. The molecule has 0 fully saturated rings. The van der Waals surface area contributed by atoms with Crippen LogP contribution < -0.4 is 0 Å². The number of nitrogens with zero attached hydrogens (tertiary/aromatic N) is 4. The Bertz CT molecular complexity index is 1260. The van der Waals surface area contributed by atoms with Crippen molar-refractivity contribution in [3.8, 4) is 11.8 Å². The molecule has 0 unspecified atom stereocenters. The Kier molecular flexibility index (Phi) is 6.09. The van der Waals surface area contributed by atoms with E-state index >= 15 is 0 Å². The fraction of sp³-hybridized carbons (Fsp3) is 0.231. The van der Waals surface area contributed by atoms with Gasteiger partial charge in [0.2, 0.25) is 0 Å². The minimum absolute atomic E-state index is 0.143. The van der Waals surface area contributed by atoms with Gasteiger partial charge in [0, 0.05) is 23.5 Å². The number of carbonyl (C=O) groups excluding carboxylic acids is 2. The van der Waals surface area contributed by atoms with Gasteiger partial charge in [-0.15, -0.1) is 5.10 Å². The normalized spacial score (nSPS) is 12.5.